The van der Waals surface area contributed by atoms with Crippen LogP contribution < -0.4 is 14.8 Å². The van der Waals surface area contributed by atoms with Gasteiger partial charge in [0.1, 0.15) is 11.5 Å². The number of hydrogen-bond donors (Lipinski definition) is 1. The molecule has 0 radical (unpaired) electrons. The molecule has 0 aliphatic heterocycles. The van der Waals surface area contributed by atoms with Gasteiger partial charge in [0.2, 0.25) is 0 Å². The van der Waals surface area contributed by atoms with E-state index in [0.717, 1.165) is 5.75 Å². The van der Waals surface area contributed by atoms with Gasteiger partial charge in [0.25, 0.3) is 5.91 Å². The van der Waals surface area contributed by atoms with E-state index in [1.165, 1.54) is 0 Å². The van der Waals surface area contributed by atoms with Gasteiger partial charge in [-0.15, -0.1) is 0 Å². The molecule has 0 aromatic heterocycles. The highest BCUT2D eigenvalue weighted by molar-refractivity contribution is 8.00. The second-order valence-electron chi connectivity index (χ2n) is 5.69. The Labute approximate surface area is 131 Å². The first kappa shape index (κ1) is 17.7. The molecular formula is C16H25NO3S. The van der Waals surface area contributed by atoms with Crippen LogP contribution in [0.5, 0.6) is 11.5 Å². The van der Waals surface area contributed by atoms with Crippen molar-refractivity contribution in [3.05, 3.63) is 24.3 Å². The zero-order valence-electron chi connectivity index (χ0n) is 13.4. The number of thioether (sulfide) groups is 1. The van der Waals surface area contributed by atoms with Crippen LogP contribution in [0.3, 0.4) is 0 Å². The van der Waals surface area contributed by atoms with E-state index >= 15 is 0 Å². The lowest BCUT2D eigenvalue weighted by atomic mass is 10.3. The number of methoxy groups -OCH3 is 1. The molecule has 5 heteroatoms. The number of benzene rings is 1. The molecule has 1 atom stereocenters. The van der Waals surface area contributed by atoms with Crippen LogP contribution in [0.25, 0.3) is 0 Å². The molecule has 0 spiro atoms. The standard InChI is InChI=1S/C16H25NO3S/c1-12(15(18)17-9-10-21-16(2,3)4)20-14-8-6-7-13(11-14)19-5/h6-8,11-12H,9-10H2,1-5H3,(H,17,18). The first-order valence-electron chi connectivity index (χ1n) is 7.04. The van der Waals surface area contributed by atoms with Gasteiger partial charge in [0.15, 0.2) is 6.10 Å². The number of rotatable bonds is 7. The maximum absolute atomic E-state index is 11.9. The molecule has 1 aromatic carbocycles. The predicted octanol–water partition coefficient (Wildman–Crippen LogP) is 3.11. The second kappa shape index (κ2) is 8.17. The summed E-state index contributed by atoms with van der Waals surface area (Å²) in [7, 11) is 1.60. The first-order valence-corrected chi connectivity index (χ1v) is 8.03. The zero-order chi connectivity index (χ0) is 15.9. The van der Waals surface area contributed by atoms with Gasteiger partial charge in [-0.3, -0.25) is 4.79 Å². The van der Waals surface area contributed by atoms with Crippen LogP contribution in [0.2, 0.25) is 0 Å². The number of nitrogens with one attached hydrogen (secondary N) is 1. The topological polar surface area (TPSA) is 47.6 Å². The molecule has 1 amide bonds. The minimum Gasteiger partial charge on any atom is -0.497 e. The summed E-state index contributed by atoms with van der Waals surface area (Å²) < 4.78 is 11.0. The van der Waals surface area contributed by atoms with E-state index in [4.69, 9.17) is 9.47 Å². The van der Waals surface area contributed by atoms with Crippen molar-refractivity contribution < 1.29 is 14.3 Å². The minimum absolute atomic E-state index is 0.104. The number of amides is 1. The van der Waals surface area contributed by atoms with Gasteiger partial charge in [-0.2, -0.15) is 11.8 Å². The van der Waals surface area contributed by atoms with Crippen molar-refractivity contribution in [1.82, 2.24) is 5.32 Å². The number of carbonyl (C=O) groups is 1. The summed E-state index contributed by atoms with van der Waals surface area (Å²) in [6.45, 7) is 8.87. The highest BCUT2D eigenvalue weighted by Crippen LogP contribution is 2.22. The van der Waals surface area contributed by atoms with Crippen molar-refractivity contribution in [2.24, 2.45) is 0 Å². The summed E-state index contributed by atoms with van der Waals surface area (Å²) in [5.41, 5.74) is 0. The van der Waals surface area contributed by atoms with Crippen molar-refractivity contribution in [3.8, 4) is 11.5 Å². The Bertz CT molecular complexity index is 457. The van der Waals surface area contributed by atoms with E-state index in [1.807, 2.05) is 30.0 Å². The lowest BCUT2D eigenvalue weighted by molar-refractivity contribution is -0.127. The first-order chi connectivity index (χ1) is 9.81. The van der Waals surface area contributed by atoms with E-state index in [9.17, 15) is 4.79 Å². The van der Waals surface area contributed by atoms with Crippen molar-refractivity contribution >= 4 is 17.7 Å². The van der Waals surface area contributed by atoms with Gasteiger partial charge >= 0.3 is 0 Å². The Kier molecular flexibility index (Phi) is 6.89. The fraction of sp³-hybridized carbons (Fsp3) is 0.562. The highest BCUT2D eigenvalue weighted by atomic mass is 32.2. The predicted molar refractivity (Wildman–Crippen MR) is 88.3 cm³/mol. The van der Waals surface area contributed by atoms with Crippen molar-refractivity contribution in [2.45, 2.75) is 38.5 Å². The van der Waals surface area contributed by atoms with Crippen LogP contribution in [0.15, 0.2) is 24.3 Å². The molecule has 0 bridgehead atoms. The maximum atomic E-state index is 11.9. The van der Waals surface area contributed by atoms with Gasteiger partial charge in [-0.25, -0.2) is 0 Å². The Morgan fingerprint density at radius 3 is 2.62 bits per heavy atom. The van der Waals surface area contributed by atoms with E-state index in [1.54, 1.807) is 20.1 Å². The third kappa shape index (κ3) is 7.27. The molecule has 1 unspecified atom stereocenters. The average molecular weight is 311 g/mol. The fourth-order valence-electron chi connectivity index (χ4n) is 1.61. The van der Waals surface area contributed by atoms with Crippen molar-refractivity contribution in [1.29, 1.82) is 0 Å². The third-order valence-electron chi connectivity index (χ3n) is 2.66. The smallest absolute Gasteiger partial charge is 0.260 e. The molecule has 1 aromatic rings. The Morgan fingerprint density at radius 1 is 1.33 bits per heavy atom. The van der Waals surface area contributed by atoms with Crippen LogP contribution in [0, 0.1) is 0 Å². The SMILES string of the molecule is COc1cccc(OC(C)C(=O)NCCSC(C)(C)C)c1. The molecule has 0 fully saturated rings. The molecule has 118 valence electrons. The summed E-state index contributed by atoms with van der Waals surface area (Å²) in [6.07, 6.45) is -0.531. The molecule has 0 heterocycles. The zero-order valence-corrected chi connectivity index (χ0v) is 14.3. The quantitative estimate of drug-likeness (QED) is 0.786. The summed E-state index contributed by atoms with van der Waals surface area (Å²) in [6, 6.07) is 7.24. The fourth-order valence-corrected chi connectivity index (χ4v) is 2.42. The van der Waals surface area contributed by atoms with Gasteiger partial charge in [0, 0.05) is 23.1 Å². The van der Waals surface area contributed by atoms with Gasteiger partial charge in [0.05, 0.1) is 7.11 Å². The lowest BCUT2D eigenvalue weighted by Crippen LogP contribution is -2.37. The monoisotopic (exact) mass is 311 g/mol. The minimum atomic E-state index is -0.531. The van der Waals surface area contributed by atoms with Crippen molar-refractivity contribution in [2.75, 3.05) is 19.4 Å². The van der Waals surface area contributed by atoms with E-state index in [0.29, 0.717) is 18.0 Å². The Balaban J connectivity index is 2.37. The Hall–Kier alpha value is -1.36. The van der Waals surface area contributed by atoms with Gasteiger partial charge < -0.3 is 14.8 Å². The summed E-state index contributed by atoms with van der Waals surface area (Å²) in [5, 5.41) is 2.89. The molecule has 21 heavy (non-hydrogen) atoms. The van der Waals surface area contributed by atoms with Crippen LogP contribution in [-0.2, 0) is 4.79 Å². The molecule has 4 nitrogen and oxygen atoms in total. The number of ether oxygens (including phenoxy) is 2. The molecule has 0 saturated carbocycles. The number of carbonyl (C=O) groups excluding carboxylic acids is 1. The Morgan fingerprint density at radius 2 is 2.00 bits per heavy atom. The van der Waals surface area contributed by atoms with Crippen LogP contribution in [-0.4, -0.2) is 36.2 Å². The maximum Gasteiger partial charge on any atom is 0.260 e. The highest BCUT2D eigenvalue weighted by Gasteiger charge is 2.15. The average Bonchev–Trinajstić information content (AvgIpc) is 2.42. The molecule has 0 aliphatic rings. The third-order valence-corrected chi connectivity index (χ3v) is 3.93. The van der Waals surface area contributed by atoms with Gasteiger partial charge in [-0.1, -0.05) is 26.8 Å². The van der Waals surface area contributed by atoms with Crippen LogP contribution in [0.1, 0.15) is 27.7 Å². The number of hydrogen-bond acceptors (Lipinski definition) is 4. The van der Waals surface area contributed by atoms with Gasteiger partial charge in [-0.05, 0) is 19.1 Å². The molecule has 0 saturated heterocycles. The molecular weight excluding hydrogens is 286 g/mol. The van der Waals surface area contributed by atoms with Crippen LogP contribution in [0.4, 0.5) is 0 Å². The molecule has 1 rings (SSSR count). The second-order valence-corrected chi connectivity index (χ2v) is 7.61. The summed E-state index contributed by atoms with van der Waals surface area (Å²) >= 11 is 1.82. The summed E-state index contributed by atoms with van der Waals surface area (Å²) in [5.74, 6) is 2.12. The summed E-state index contributed by atoms with van der Waals surface area (Å²) in [4.78, 5) is 11.9. The molecule has 1 N–H and O–H groups in total. The van der Waals surface area contributed by atoms with E-state index in [2.05, 4.69) is 26.1 Å². The van der Waals surface area contributed by atoms with E-state index in [-0.39, 0.29) is 10.7 Å². The van der Waals surface area contributed by atoms with Crippen LogP contribution >= 0.6 is 11.8 Å². The normalized spacial score (nSPS) is 12.6. The largest absolute Gasteiger partial charge is 0.497 e. The van der Waals surface area contributed by atoms with E-state index < -0.39 is 6.10 Å². The molecule has 0 aliphatic carbocycles. The van der Waals surface area contributed by atoms with Crippen molar-refractivity contribution in [3.63, 3.8) is 0 Å². The lowest BCUT2D eigenvalue weighted by Gasteiger charge is -2.18.